The number of hydrogen-bond acceptors (Lipinski definition) is 4. The zero-order valence-corrected chi connectivity index (χ0v) is 16.1. The van der Waals surface area contributed by atoms with Crippen LogP contribution >= 0.6 is 0 Å². The lowest BCUT2D eigenvalue weighted by molar-refractivity contribution is 0.0485. The molecule has 6 nitrogen and oxygen atoms in total. The number of ether oxygens (including phenoxy) is 2. The summed E-state index contributed by atoms with van der Waals surface area (Å²) in [4.78, 5) is 17.8. The van der Waals surface area contributed by atoms with Gasteiger partial charge in [-0.05, 0) is 49.6 Å². The molecule has 28 heavy (non-hydrogen) atoms. The zero-order valence-electron chi connectivity index (χ0n) is 16.1. The molecule has 2 aliphatic heterocycles. The molecular weight excluding hydrogens is 354 g/mol. The number of nitrogens with one attached hydrogen (secondary N) is 1. The third-order valence-corrected chi connectivity index (χ3v) is 5.83. The highest BCUT2D eigenvalue weighted by atomic mass is 16.6. The number of imidazole rings is 1. The Morgan fingerprint density at radius 3 is 2.79 bits per heavy atom. The highest BCUT2D eigenvalue weighted by Crippen LogP contribution is 2.33. The minimum atomic E-state index is -0.00404. The molecule has 5 rings (SSSR count). The number of aromatic nitrogens is 2. The average molecular weight is 379 g/mol. The van der Waals surface area contributed by atoms with Crippen LogP contribution in [0.2, 0.25) is 0 Å². The molecule has 146 valence electrons. The van der Waals surface area contributed by atoms with Crippen molar-refractivity contribution in [2.45, 2.75) is 31.9 Å². The summed E-state index contributed by atoms with van der Waals surface area (Å²) in [5.74, 6) is 1.68. The van der Waals surface area contributed by atoms with E-state index in [1.54, 1.807) is 0 Å². The van der Waals surface area contributed by atoms with Crippen LogP contribution in [-0.2, 0) is 0 Å². The monoisotopic (exact) mass is 379 g/mol. The number of benzene rings is 2. The lowest BCUT2D eigenvalue weighted by atomic mass is 10.0. The molecule has 0 amide bonds. The Hall–Kier alpha value is -2.73. The summed E-state index contributed by atoms with van der Waals surface area (Å²) in [5.41, 5.74) is 3.09. The van der Waals surface area contributed by atoms with E-state index < -0.39 is 0 Å². The van der Waals surface area contributed by atoms with Crippen molar-refractivity contribution >= 4 is 11.0 Å². The minimum Gasteiger partial charge on any atom is -0.486 e. The molecule has 1 aromatic heterocycles. The second-order valence-electron chi connectivity index (χ2n) is 7.85. The fourth-order valence-corrected chi connectivity index (χ4v) is 4.40. The first-order valence-corrected chi connectivity index (χ1v) is 9.99. The fourth-order valence-electron chi connectivity index (χ4n) is 4.40. The van der Waals surface area contributed by atoms with E-state index in [2.05, 4.69) is 16.8 Å². The van der Waals surface area contributed by atoms with Gasteiger partial charge in [0, 0.05) is 25.7 Å². The van der Waals surface area contributed by atoms with Gasteiger partial charge in [-0.15, -0.1) is 0 Å². The molecule has 1 fully saturated rings. The van der Waals surface area contributed by atoms with Gasteiger partial charge >= 0.3 is 5.69 Å². The third-order valence-electron chi connectivity index (χ3n) is 5.83. The molecule has 0 saturated carbocycles. The molecule has 1 atom stereocenters. The highest BCUT2D eigenvalue weighted by Gasteiger charge is 2.28. The quantitative estimate of drug-likeness (QED) is 0.760. The predicted octanol–water partition coefficient (Wildman–Crippen LogP) is 3.11. The summed E-state index contributed by atoms with van der Waals surface area (Å²) in [6.45, 7) is 5.40. The number of hydrogen-bond donors (Lipinski definition) is 1. The van der Waals surface area contributed by atoms with Crippen molar-refractivity contribution in [2.24, 2.45) is 0 Å². The maximum atomic E-state index is 12.4. The van der Waals surface area contributed by atoms with Gasteiger partial charge in [0.05, 0.1) is 11.0 Å². The standard InChI is InChI=1S/C22H25N3O3/c1-15-6-7-20-21(12-15)28-17(14-27-20)13-24-10-8-16(9-11-24)25-19-5-3-2-4-18(19)23-22(25)26/h2-7,12,16-17H,8-11,13-14H2,1H3,(H,23,26). The Morgan fingerprint density at radius 2 is 1.93 bits per heavy atom. The van der Waals surface area contributed by atoms with E-state index in [0.29, 0.717) is 6.61 Å². The lowest BCUT2D eigenvalue weighted by Crippen LogP contribution is -2.45. The molecule has 3 aromatic rings. The van der Waals surface area contributed by atoms with Crippen molar-refractivity contribution in [3.8, 4) is 11.5 Å². The van der Waals surface area contributed by atoms with Crippen LogP contribution in [0.15, 0.2) is 47.3 Å². The second kappa shape index (κ2) is 7.02. The molecule has 0 bridgehead atoms. The van der Waals surface area contributed by atoms with Crippen LogP contribution in [0.5, 0.6) is 11.5 Å². The largest absolute Gasteiger partial charge is 0.486 e. The summed E-state index contributed by atoms with van der Waals surface area (Å²) >= 11 is 0. The SMILES string of the molecule is Cc1ccc2c(c1)OC(CN1CCC(n3c(=O)[nH]c4ccccc43)CC1)CO2. The highest BCUT2D eigenvalue weighted by molar-refractivity contribution is 5.75. The number of para-hydroxylation sites is 2. The van der Waals surface area contributed by atoms with Crippen LogP contribution in [-0.4, -0.2) is 46.8 Å². The van der Waals surface area contributed by atoms with E-state index in [1.807, 2.05) is 47.0 Å². The number of aromatic amines is 1. The van der Waals surface area contributed by atoms with Gasteiger partial charge in [0.1, 0.15) is 12.7 Å². The minimum absolute atomic E-state index is 0.00404. The maximum Gasteiger partial charge on any atom is 0.326 e. The molecule has 1 unspecified atom stereocenters. The fraction of sp³-hybridized carbons (Fsp3) is 0.409. The normalized spacial score (nSPS) is 20.5. The first kappa shape index (κ1) is 17.4. The predicted molar refractivity (Wildman–Crippen MR) is 108 cm³/mol. The van der Waals surface area contributed by atoms with Crippen molar-refractivity contribution < 1.29 is 9.47 Å². The van der Waals surface area contributed by atoms with Gasteiger partial charge < -0.3 is 14.5 Å². The third kappa shape index (κ3) is 3.18. The lowest BCUT2D eigenvalue weighted by Gasteiger charge is -2.36. The molecule has 2 aliphatic rings. The summed E-state index contributed by atoms with van der Waals surface area (Å²) in [6.07, 6.45) is 1.97. The Kier molecular flexibility index (Phi) is 4.36. The molecule has 1 N–H and O–H groups in total. The average Bonchev–Trinajstić information content (AvgIpc) is 3.04. The molecule has 2 aromatic carbocycles. The first-order chi connectivity index (χ1) is 13.7. The van der Waals surface area contributed by atoms with Gasteiger partial charge in [0.15, 0.2) is 11.5 Å². The van der Waals surface area contributed by atoms with Crippen molar-refractivity contribution in [3.63, 3.8) is 0 Å². The van der Waals surface area contributed by atoms with Crippen LogP contribution in [0.25, 0.3) is 11.0 Å². The number of piperidine rings is 1. The van der Waals surface area contributed by atoms with Gasteiger partial charge in [-0.3, -0.25) is 9.47 Å². The number of nitrogens with zero attached hydrogens (tertiary/aromatic N) is 2. The number of H-pyrrole nitrogens is 1. The first-order valence-electron chi connectivity index (χ1n) is 9.99. The number of likely N-dealkylation sites (tertiary alicyclic amines) is 1. The Bertz CT molecular complexity index is 1050. The second-order valence-corrected chi connectivity index (χ2v) is 7.85. The Labute approximate surface area is 163 Å². The van der Waals surface area contributed by atoms with Crippen LogP contribution < -0.4 is 15.2 Å². The van der Waals surface area contributed by atoms with E-state index >= 15 is 0 Å². The summed E-state index contributed by atoms with van der Waals surface area (Å²) in [6, 6.07) is 14.2. The number of fused-ring (bicyclic) bond motifs is 2. The van der Waals surface area contributed by atoms with Crippen molar-refractivity contribution in [3.05, 3.63) is 58.5 Å². The molecule has 0 aliphatic carbocycles. The summed E-state index contributed by atoms with van der Waals surface area (Å²) < 4.78 is 14.0. The van der Waals surface area contributed by atoms with Crippen LogP contribution in [0, 0.1) is 6.92 Å². The summed E-state index contributed by atoms with van der Waals surface area (Å²) in [7, 11) is 0. The van der Waals surface area contributed by atoms with Gasteiger partial charge in [-0.1, -0.05) is 18.2 Å². The Morgan fingerprint density at radius 1 is 1.11 bits per heavy atom. The Balaban J connectivity index is 1.23. The van der Waals surface area contributed by atoms with E-state index in [9.17, 15) is 4.79 Å². The summed E-state index contributed by atoms with van der Waals surface area (Å²) in [5, 5.41) is 0. The van der Waals surface area contributed by atoms with Gasteiger partial charge in [-0.25, -0.2) is 4.79 Å². The maximum absolute atomic E-state index is 12.4. The molecule has 1 saturated heterocycles. The van der Waals surface area contributed by atoms with E-state index in [0.717, 1.165) is 55.0 Å². The van der Waals surface area contributed by atoms with E-state index in [1.165, 1.54) is 5.56 Å². The van der Waals surface area contributed by atoms with Crippen molar-refractivity contribution in [1.82, 2.24) is 14.5 Å². The molecule has 0 spiro atoms. The molecule has 6 heteroatoms. The molecule has 0 radical (unpaired) electrons. The smallest absolute Gasteiger partial charge is 0.326 e. The molecule has 3 heterocycles. The van der Waals surface area contributed by atoms with Crippen LogP contribution in [0.4, 0.5) is 0 Å². The zero-order chi connectivity index (χ0) is 19.1. The van der Waals surface area contributed by atoms with Gasteiger partial charge in [0.2, 0.25) is 0 Å². The van der Waals surface area contributed by atoms with Gasteiger partial charge in [0.25, 0.3) is 0 Å². The topological polar surface area (TPSA) is 59.5 Å². The van der Waals surface area contributed by atoms with Crippen LogP contribution in [0.1, 0.15) is 24.4 Å². The van der Waals surface area contributed by atoms with E-state index in [4.69, 9.17) is 9.47 Å². The van der Waals surface area contributed by atoms with Gasteiger partial charge in [-0.2, -0.15) is 0 Å². The van der Waals surface area contributed by atoms with E-state index in [-0.39, 0.29) is 17.8 Å². The molecular formula is C22H25N3O3. The van der Waals surface area contributed by atoms with Crippen LogP contribution in [0.3, 0.4) is 0 Å². The number of aryl methyl sites for hydroxylation is 1. The number of rotatable bonds is 3. The van der Waals surface area contributed by atoms with Crippen molar-refractivity contribution in [2.75, 3.05) is 26.2 Å². The van der Waals surface area contributed by atoms with Crippen molar-refractivity contribution in [1.29, 1.82) is 0 Å².